The highest BCUT2D eigenvalue weighted by molar-refractivity contribution is 9.10. The van der Waals surface area contributed by atoms with Crippen LogP contribution in [0, 0.1) is 12.8 Å². The van der Waals surface area contributed by atoms with Gasteiger partial charge < -0.3 is 29.7 Å². The summed E-state index contributed by atoms with van der Waals surface area (Å²) in [5, 5.41) is 5.71. The van der Waals surface area contributed by atoms with Gasteiger partial charge in [0.2, 0.25) is 18.6 Å². The molecular formula is C28H26BrN3O6. The molecule has 0 radical (unpaired) electrons. The van der Waals surface area contributed by atoms with E-state index in [1.807, 2.05) is 43.3 Å². The van der Waals surface area contributed by atoms with Crippen LogP contribution in [0.25, 0.3) is 0 Å². The van der Waals surface area contributed by atoms with Gasteiger partial charge in [0, 0.05) is 29.7 Å². The maximum Gasteiger partial charge on any atom is 0.262 e. The van der Waals surface area contributed by atoms with E-state index < -0.39 is 5.92 Å². The first kappa shape index (κ1) is 25.6. The Morgan fingerprint density at radius 1 is 1.05 bits per heavy atom. The van der Waals surface area contributed by atoms with Gasteiger partial charge in [0.25, 0.3) is 5.91 Å². The standard InChI is InChI=1S/C28H26BrN3O6/c1-17-2-8-23(22(29)10-17)31-26(33)15-36-21-6-4-20(5-7-21)32-14-19(12-27(32)34)28(35)30-13-18-3-9-24-25(11-18)38-16-37-24/h2-11,19H,12-16H2,1H3,(H,30,35)(H,31,33)/t19-/m1/s1. The minimum atomic E-state index is -0.447. The topological polar surface area (TPSA) is 106 Å². The Balaban J connectivity index is 1.11. The molecule has 0 aromatic heterocycles. The molecule has 2 heterocycles. The van der Waals surface area contributed by atoms with Gasteiger partial charge in [-0.2, -0.15) is 0 Å². The average Bonchev–Trinajstić information content (AvgIpc) is 3.54. The van der Waals surface area contributed by atoms with Crippen LogP contribution in [0.15, 0.2) is 65.1 Å². The smallest absolute Gasteiger partial charge is 0.262 e. The molecule has 1 fully saturated rings. The lowest BCUT2D eigenvalue weighted by molar-refractivity contribution is -0.126. The summed E-state index contributed by atoms with van der Waals surface area (Å²) in [6, 6.07) is 18.1. The Bertz CT molecular complexity index is 1380. The Labute approximate surface area is 228 Å². The zero-order valence-electron chi connectivity index (χ0n) is 20.7. The fourth-order valence-corrected chi connectivity index (χ4v) is 4.89. The van der Waals surface area contributed by atoms with Crippen molar-refractivity contribution in [3.05, 3.63) is 76.3 Å². The molecular weight excluding hydrogens is 554 g/mol. The minimum absolute atomic E-state index is 0.120. The average molecular weight is 580 g/mol. The summed E-state index contributed by atoms with van der Waals surface area (Å²) in [4.78, 5) is 39.3. The fourth-order valence-electron chi connectivity index (χ4n) is 4.30. The van der Waals surface area contributed by atoms with Crippen LogP contribution in [0.2, 0.25) is 0 Å². The molecule has 5 rings (SSSR count). The molecule has 2 aliphatic heterocycles. The summed E-state index contributed by atoms with van der Waals surface area (Å²) < 4.78 is 17.1. The molecule has 1 atom stereocenters. The number of carbonyl (C=O) groups excluding carboxylic acids is 3. The second-order valence-corrected chi connectivity index (χ2v) is 9.98. The van der Waals surface area contributed by atoms with Crippen LogP contribution in [-0.4, -0.2) is 37.7 Å². The predicted molar refractivity (Wildman–Crippen MR) is 144 cm³/mol. The number of benzene rings is 3. The van der Waals surface area contributed by atoms with E-state index in [0.29, 0.717) is 41.7 Å². The van der Waals surface area contributed by atoms with Crippen molar-refractivity contribution in [2.45, 2.75) is 19.9 Å². The van der Waals surface area contributed by atoms with Crippen molar-refractivity contribution >= 4 is 45.0 Å². The third kappa shape index (κ3) is 5.91. The number of halogens is 1. The first-order valence-electron chi connectivity index (χ1n) is 12.1. The van der Waals surface area contributed by atoms with E-state index in [1.165, 1.54) is 0 Å². The van der Waals surface area contributed by atoms with E-state index in [9.17, 15) is 14.4 Å². The number of fused-ring (bicyclic) bond motifs is 1. The lowest BCUT2D eigenvalue weighted by Gasteiger charge is -2.17. The van der Waals surface area contributed by atoms with Gasteiger partial charge in [0.15, 0.2) is 18.1 Å². The number of ether oxygens (including phenoxy) is 3. The molecule has 10 heteroatoms. The van der Waals surface area contributed by atoms with E-state index in [0.717, 1.165) is 15.6 Å². The second-order valence-electron chi connectivity index (χ2n) is 9.12. The maximum atomic E-state index is 12.7. The van der Waals surface area contributed by atoms with Gasteiger partial charge in [0.05, 0.1) is 11.6 Å². The number of hydrogen-bond acceptors (Lipinski definition) is 6. The largest absolute Gasteiger partial charge is 0.484 e. The lowest BCUT2D eigenvalue weighted by Crippen LogP contribution is -2.32. The van der Waals surface area contributed by atoms with E-state index in [-0.39, 0.29) is 37.5 Å². The molecule has 3 amide bonds. The first-order chi connectivity index (χ1) is 18.4. The van der Waals surface area contributed by atoms with Gasteiger partial charge in [-0.05, 0) is 82.5 Å². The SMILES string of the molecule is Cc1ccc(NC(=O)COc2ccc(N3C[C@H](C(=O)NCc4ccc5c(c4)OCO5)CC3=O)cc2)c(Br)c1. The quantitative estimate of drug-likeness (QED) is 0.415. The number of rotatable bonds is 8. The summed E-state index contributed by atoms with van der Waals surface area (Å²) in [7, 11) is 0. The highest BCUT2D eigenvalue weighted by atomic mass is 79.9. The van der Waals surface area contributed by atoms with E-state index in [1.54, 1.807) is 29.2 Å². The molecule has 2 aliphatic rings. The first-order valence-corrected chi connectivity index (χ1v) is 12.9. The van der Waals surface area contributed by atoms with E-state index >= 15 is 0 Å². The second kappa shape index (κ2) is 11.1. The van der Waals surface area contributed by atoms with Crippen molar-refractivity contribution in [3.63, 3.8) is 0 Å². The van der Waals surface area contributed by atoms with Crippen molar-refractivity contribution < 1.29 is 28.6 Å². The summed E-state index contributed by atoms with van der Waals surface area (Å²) in [6.07, 6.45) is 0.139. The molecule has 1 saturated heterocycles. The molecule has 0 aliphatic carbocycles. The molecule has 0 spiro atoms. The number of hydrogen-bond donors (Lipinski definition) is 2. The number of anilines is 2. The minimum Gasteiger partial charge on any atom is -0.484 e. The van der Waals surface area contributed by atoms with Crippen LogP contribution in [0.5, 0.6) is 17.2 Å². The number of nitrogens with zero attached hydrogens (tertiary/aromatic N) is 1. The van der Waals surface area contributed by atoms with E-state index in [4.69, 9.17) is 14.2 Å². The summed E-state index contributed by atoms with van der Waals surface area (Å²) in [6.45, 7) is 2.63. The molecule has 0 saturated carbocycles. The maximum absolute atomic E-state index is 12.7. The molecule has 0 unspecified atom stereocenters. The summed E-state index contributed by atoms with van der Waals surface area (Å²) in [5.41, 5.74) is 3.30. The van der Waals surface area contributed by atoms with Gasteiger partial charge in [-0.15, -0.1) is 0 Å². The van der Waals surface area contributed by atoms with Gasteiger partial charge in [-0.3, -0.25) is 14.4 Å². The summed E-state index contributed by atoms with van der Waals surface area (Å²) >= 11 is 3.44. The van der Waals surface area contributed by atoms with Gasteiger partial charge in [0.1, 0.15) is 5.75 Å². The Morgan fingerprint density at radius 3 is 2.63 bits per heavy atom. The van der Waals surface area contributed by atoms with Gasteiger partial charge >= 0.3 is 0 Å². The molecule has 3 aromatic rings. The molecule has 3 aromatic carbocycles. The molecule has 2 N–H and O–H groups in total. The van der Waals surface area contributed by atoms with Gasteiger partial charge in [-0.25, -0.2) is 0 Å². The monoisotopic (exact) mass is 579 g/mol. The van der Waals surface area contributed by atoms with Crippen molar-refractivity contribution in [2.75, 3.05) is 30.2 Å². The Morgan fingerprint density at radius 2 is 1.84 bits per heavy atom. The Kier molecular flexibility index (Phi) is 7.50. The third-order valence-electron chi connectivity index (χ3n) is 6.32. The molecule has 0 bridgehead atoms. The van der Waals surface area contributed by atoms with E-state index in [2.05, 4.69) is 26.6 Å². The number of carbonyl (C=O) groups is 3. The zero-order valence-corrected chi connectivity index (χ0v) is 22.2. The van der Waals surface area contributed by atoms with Crippen LogP contribution in [0.4, 0.5) is 11.4 Å². The number of aryl methyl sites for hydroxylation is 1. The highest BCUT2D eigenvalue weighted by Gasteiger charge is 2.35. The van der Waals surface area contributed by atoms with Crippen LogP contribution >= 0.6 is 15.9 Å². The van der Waals surface area contributed by atoms with Crippen LogP contribution < -0.4 is 29.7 Å². The number of nitrogens with one attached hydrogen (secondary N) is 2. The summed E-state index contributed by atoms with van der Waals surface area (Å²) in [5.74, 6) is 0.810. The van der Waals surface area contributed by atoms with Crippen molar-refractivity contribution in [3.8, 4) is 17.2 Å². The predicted octanol–water partition coefficient (Wildman–Crippen LogP) is 4.17. The number of amides is 3. The van der Waals surface area contributed by atoms with Crippen LogP contribution in [-0.2, 0) is 20.9 Å². The molecule has 196 valence electrons. The highest BCUT2D eigenvalue weighted by Crippen LogP contribution is 2.32. The fraction of sp³-hybridized carbons (Fsp3) is 0.250. The normalized spacial score (nSPS) is 15.9. The van der Waals surface area contributed by atoms with Crippen molar-refractivity contribution in [2.24, 2.45) is 5.92 Å². The van der Waals surface area contributed by atoms with Crippen LogP contribution in [0.3, 0.4) is 0 Å². The van der Waals surface area contributed by atoms with Crippen molar-refractivity contribution in [1.29, 1.82) is 0 Å². The van der Waals surface area contributed by atoms with Crippen molar-refractivity contribution in [1.82, 2.24) is 5.32 Å². The molecule has 38 heavy (non-hydrogen) atoms. The lowest BCUT2D eigenvalue weighted by atomic mass is 10.1. The van der Waals surface area contributed by atoms with Gasteiger partial charge in [-0.1, -0.05) is 12.1 Å². The Hall–Kier alpha value is -4.05. The molecule has 9 nitrogen and oxygen atoms in total. The van der Waals surface area contributed by atoms with Crippen LogP contribution in [0.1, 0.15) is 17.5 Å². The zero-order chi connectivity index (χ0) is 26.6. The third-order valence-corrected chi connectivity index (χ3v) is 6.97.